The number of aliphatic hydroxyl groups is 1. The van der Waals surface area contributed by atoms with Crippen LogP contribution in [-0.2, 0) is 16.0 Å². The van der Waals surface area contributed by atoms with Crippen molar-refractivity contribution in [3.63, 3.8) is 0 Å². The Balaban J connectivity index is 0.00000289. The van der Waals surface area contributed by atoms with Crippen molar-refractivity contribution in [1.82, 2.24) is 14.7 Å². The van der Waals surface area contributed by atoms with Gasteiger partial charge in [-0.3, -0.25) is 9.69 Å². The van der Waals surface area contributed by atoms with Crippen molar-refractivity contribution in [2.45, 2.75) is 56.3 Å². The van der Waals surface area contributed by atoms with Crippen molar-refractivity contribution in [2.75, 3.05) is 33.3 Å². The first-order valence-electron chi connectivity index (χ1n) is 10.9. The molecule has 4 atom stereocenters. The number of hydrogen-bond acceptors (Lipinski definition) is 5. The van der Waals surface area contributed by atoms with Gasteiger partial charge in [-0.15, -0.1) is 12.4 Å². The zero-order valence-electron chi connectivity index (χ0n) is 18.1. The molecule has 0 aromatic heterocycles. The van der Waals surface area contributed by atoms with Crippen molar-refractivity contribution in [2.24, 2.45) is 0 Å². The maximum absolute atomic E-state index is 13.5. The molecule has 2 amide bonds. The van der Waals surface area contributed by atoms with Crippen molar-refractivity contribution in [1.29, 1.82) is 0 Å². The smallest absolute Gasteiger partial charge is 0.409 e. The fourth-order valence-corrected chi connectivity index (χ4v) is 5.65. The summed E-state index contributed by atoms with van der Waals surface area (Å²) in [5.41, 5.74) is 0.660. The Hall–Kier alpha value is -1.61. The van der Waals surface area contributed by atoms with E-state index in [0.29, 0.717) is 25.2 Å². The number of aliphatic hydroxyl groups excluding tert-OH is 1. The first-order valence-corrected chi connectivity index (χ1v) is 11.3. The van der Waals surface area contributed by atoms with Crippen LogP contribution in [0.1, 0.15) is 31.2 Å². The molecular formula is C22H30Cl2FN3O4. The predicted molar refractivity (Wildman–Crippen MR) is 121 cm³/mol. The van der Waals surface area contributed by atoms with Crippen LogP contribution in [0.2, 0.25) is 5.02 Å². The largest absolute Gasteiger partial charge is 0.453 e. The van der Waals surface area contributed by atoms with Crippen molar-refractivity contribution in [3.05, 3.63) is 34.6 Å². The molecule has 0 bridgehead atoms. The summed E-state index contributed by atoms with van der Waals surface area (Å²) in [6, 6.07) is 4.12. The number of carbonyl (C=O) groups excluding carboxylic acids is 2. The number of amides is 2. The van der Waals surface area contributed by atoms with Crippen LogP contribution >= 0.6 is 24.0 Å². The second-order valence-electron chi connectivity index (χ2n) is 8.67. The third kappa shape index (κ3) is 4.98. The highest BCUT2D eigenvalue weighted by molar-refractivity contribution is 6.30. The normalized spacial score (nSPS) is 28.1. The number of β-amino-alcohol motifs (C(OH)–C–C–N with tert-alkyl or cyclic N) is 1. The number of rotatable bonds is 3. The summed E-state index contributed by atoms with van der Waals surface area (Å²) in [6.07, 6.45) is 2.78. The topological polar surface area (TPSA) is 73.3 Å². The molecule has 32 heavy (non-hydrogen) atoms. The second kappa shape index (κ2) is 10.5. The van der Waals surface area contributed by atoms with E-state index in [9.17, 15) is 19.1 Å². The quantitative estimate of drug-likeness (QED) is 0.706. The number of fused-ring (bicyclic) bond motifs is 1. The molecule has 1 N–H and O–H groups in total. The molecular weight excluding hydrogens is 460 g/mol. The molecule has 1 aliphatic carbocycles. The van der Waals surface area contributed by atoms with Crippen LogP contribution < -0.4 is 0 Å². The van der Waals surface area contributed by atoms with E-state index < -0.39 is 5.82 Å². The Morgan fingerprint density at radius 3 is 2.53 bits per heavy atom. The highest BCUT2D eigenvalue weighted by Gasteiger charge is 2.49. The van der Waals surface area contributed by atoms with E-state index in [1.165, 1.54) is 19.2 Å². The van der Waals surface area contributed by atoms with Gasteiger partial charge in [0.1, 0.15) is 5.82 Å². The zero-order valence-corrected chi connectivity index (χ0v) is 19.7. The molecule has 3 aliphatic rings. The van der Waals surface area contributed by atoms with Crippen molar-refractivity contribution >= 4 is 36.0 Å². The lowest BCUT2D eigenvalue weighted by atomic mass is 9.81. The summed E-state index contributed by atoms with van der Waals surface area (Å²) in [5, 5.41) is 10.1. The van der Waals surface area contributed by atoms with Crippen LogP contribution in [0.4, 0.5) is 9.18 Å². The minimum atomic E-state index is -0.510. The highest BCUT2D eigenvalue weighted by atomic mass is 35.5. The third-order valence-electron chi connectivity index (χ3n) is 6.86. The van der Waals surface area contributed by atoms with Gasteiger partial charge in [0, 0.05) is 32.2 Å². The average molecular weight is 490 g/mol. The summed E-state index contributed by atoms with van der Waals surface area (Å²) in [7, 11) is 1.38. The Kier molecular flexibility index (Phi) is 8.25. The van der Waals surface area contributed by atoms with Crippen LogP contribution in [0.25, 0.3) is 0 Å². The van der Waals surface area contributed by atoms with E-state index in [0.717, 1.165) is 32.2 Å². The van der Waals surface area contributed by atoms with Crippen molar-refractivity contribution < 1.29 is 23.8 Å². The molecule has 3 fully saturated rings. The van der Waals surface area contributed by atoms with Gasteiger partial charge in [-0.05, 0) is 43.4 Å². The molecule has 1 saturated carbocycles. The number of carbonyl (C=O) groups is 2. The first kappa shape index (κ1) is 25.0. The van der Waals surface area contributed by atoms with E-state index in [4.69, 9.17) is 16.3 Å². The number of nitrogens with zero attached hydrogens (tertiary/aromatic N) is 3. The lowest BCUT2D eigenvalue weighted by Crippen LogP contribution is -2.69. The van der Waals surface area contributed by atoms with Crippen LogP contribution in [-0.4, -0.2) is 89.3 Å². The van der Waals surface area contributed by atoms with Gasteiger partial charge >= 0.3 is 6.09 Å². The number of piperazine rings is 1. The van der Waals surface area contributed by atoms with E-state index in [-0.39, 0.29) is 60.1 Å². The SMILES string of the molecule is COC(=O)N1CCN(C(=O)Cc2ccc(F)c(Cl)c2)[C@@H]2[C@@H](N3CC[C@H](O)C3)CCC[C@@H]21.Cl. The fraction of sp³-hybridized carbons (Fsp3) is 0.636. The van der Waals surface area contributed by atoms with Gasteiger partial charge in [0.25, 0.3) is 0 Å². The van der Waals surface area contributed by atoms with E-state index >= 15 is 0 Å². The summed E-state index contributed by atoms with van der Waals surface area (Å²) >= 11 is 5.90. The predicted octanol–water partition coefficient (Wildman–Crippen LogP) is 2.71. The summed E-state index contributed by atoms with van der Waals surface area (Å²) in [6.45, 7) is 2.20. The lowest BCUT2D eigenvalue weighted by Gasteiger charge is -2.54. The number of halogens is 3. The number of hydrogen-bond donors (Lipinski definition) is 1. The summed E-state index contributed by atoms with van der Waals surface area (Å²) in [4.78, 5) is 31.7. The molecule has 2 aliphatic heterocycles. The molecule has 0 unspecified atom stereocenters. The van der Waals surface area contributed by atoms with Gasteiger partial charge in [-0.1, -0.05) is 17.7 Å². The average Bonchev–Trinajstić information content (AvgIpc) is 3.20. The molecule has 10 heteroatoms. The minimum Gasteiger partial charge on any atom is -0.453 e. The maximum Gasteiger partial charge on any atom is 0.409 e. The van der Waals surface area contributed by atoms with Crippen LogP contribution in [0.3, 0.4) is 0 Å². The number of ether oxygens (including phenoxy) is 1. The molecule has 2 saturated heterocycles. The Morgan fingerprint density at radius 2 is 1.88 bits per heavy atom. The Morgan fingerprint density at radius 1 is 1.16 bits per heavy atom. The van der Waals surface area contributed by atoms with Gasteiger partial charge in [0.2, 0.25) is 5.91 Å². The summed E-state index contributed by atoms with van der Waals surface area (Å²) < 4.78 is 18.5. The number of benzene rings is 1. The first-order chi connectivity index (χ1) is 14.9. The van der Waals surface area contributed by atoms with Gasteiger partial charge < -0.3 is 19.6 Å². The highest BCUT2D eigenvalue weighted by Crippen LogP contribution is 2.35. The van der Waals surface area contributed by atoms with Crippen LogP contribution in [0.5, 0.6) is 0 Å². The van der Waals surface area contributed by atoms with E-state index in [2.05, 4.69) is 4.90 Å². The van der Waals surface area contributed by atoms with Gasteiger partial charge in [0.15, 0.2) is 0 Å². The molecule has 4 rings (SSSR count). The summed E-state index contributed by atoms with van der Waals surface area (Å²) in [5.74, 6) is -0.571. The molecule has 178 valence electrons. The lowest BCUT2D eigenvalue weighted by molar-refractivity contribution is -0.142. The molecule has 1 aromatic rings. The maximum atomic E-state index is 13.5. The van der Waals surface area contributed by atoms with Crippen LogP contribution in [0, 0.1) is 5.82 Å². The van der Waals surface area contributed by atoms with Crippen LogP contribution in [0.15, 0.2) is 18.2 Å². The molecule has 0 radical (unpaired) electrons. The van der Waals surface area contributed by atoms with Gasteiger partial charge in [0.05, 0.1) is 36.7 Å². The monoisotopic (exact) mass is 489 g/mol. The van der Waals surface area contributed by atoms with E-state index in [1.807, 2.05) is 4.90 Å². The van der Waals surface area contributed by atoms with Crippen molar-refractivity contribution in [3.8, 4) is 0 Å². The molecule has 2 heterocycles. The Labute approximate surface area is 198 Å². The zero-order chi connectivity index (χ0) is 22.1. The molecule has 0 spiro atoms. The number of likely N-dealkylation sites (tertiary alicyclic amines) is 1. The minimum absolute atomic E-state index is 0. The van der Waals surface area contributed by atoms with Gasteiger partial charge in [-0.25, -0.2) is 9.18 Å². The Bertz CT molecular complexity index is 845. The number of methoxy groups -OCH3 is 1. The molecule has 7 nitrogen and oxygen atoms in total. The fourth-order valence-electron chi connectivity index (χ4n) is 5.45. The third-order valence-corrected chi connectivity index (χ3v) is 7.15. The van der Waals surface area contributed by atoms with Gasteiger partial charge in [-0.2, -0.15) is 0 Å². The molecule has 1 aromatic carbocycles. The standard InChI is InChI=1S/C22H29ClFN3O4.ClH/c1-31-22(30)26-9-10-27(20(29)12-14-5-6-17(24)16(23)11-14)21-18(3-2-4-19(21)26)25-8-7-15(28)13-25;/h5-6,11,15,18-19,21,28H,2-4,7-10,12-13H2,1H3;1H/t15-,18-,19-,21+;/m0./s1. The van der Waals surface area contributed by atoms with E-state index in [1.54, 1.807) is 11.0 Å². The second-order valence-corrected chi connectivity index (χ2v) is 9.08.